The van der Waals surface area contributed by atoms with Gasteiger partial charge in [0.1, 0.15) is 5.56 Å². The van der Waals surface area contributed by atoms with Crippen LogP contribution in [0.25, 0.3) is 0 Å². The number of hydrogen-bond donors (Lipinski definition) is 0. The highest BCUT2D eigenvalue weighted by Gasteiger charge is 2.26. The second-order valence-corrected chi connectivity index (χ2v) is 4.62. The van der Waals surface area contributed by atoms with Crippen LogP contribution >= 0.6 is 0 Å². The van der Waals surface area contributed by atoms with E-state index < -0.39 is 21.5 Å². The summed E-state index contributed by atoms with van der Waals surface area (Å²) < 4.78 is 0. The standard InChI is InChI=1S/C13H16N2O5/c1-3-4-5-9(2)13(16)11-8-10(14(17)18)6-7-12(11)15(19)20/h6-9H,3-5H2,1-2H3. The SMILES string of the molecule is CCCCC(C)C(=O)c1cc([N+](=O)[O-])ccc1[N+](=O)[O-]. The largest absolute Gasteiger partial charge is 0.294 e. The normalized spacial score (nSPS) is 11.9. The number of carbonyl (C=O) groups excluding carboxylic acids is 1. The molecule has 0 saturated heterocycles. The summed E-state index contributed by atoms with van der Waals surface area (Å²) in [4.78, 5) is 32.5. The Bertz CT molecular complexity index is 542. The third-order valence-electron chi connectivity index (χ3n) is 3.09. The maximum Gasteiger partial charge on any atom is 0.280 e. The summed E-state index contributed by atoms with van der Waals surface area (Å²) >= 11 is 0. The van der Waals surface area contributed by atoms with Crippen LogP contribution in [-0.2, 0) is 0 Å². The lowest BCUT2D eigenvalue weighted by Gasteiger charge is -2.09. The summed E-state index contributed by atoms with van der Waals surface area (Å²) in [6, 6.07) is 3.03. The fourth-order valence-corrected chi connectivity index (χ4v) is 1.90. The Hall–Kier alpha value is -2.31. The van der Waals surface area contributed by atoms with Crippen molar-refractivity contribution in [2.24, 2.45) is 5.92 Å². The van der Waals surface area contributed by atoms with Crippen molar-refractivity contribution < 1.29 is 14.6 Å². The Labute approximate surface area is 115 Å². The molecule has 0 spiro atoms. The van der Waals surface area contributed by atoms with Crippen molar-refractivity contribution in [3.8, 4) is 0 Å². The molecule has 1 unspecified atom stereocenters. The number of hydrogen-bond acceptors (Lipinski definition) is 5. The van der Waals surface area contributed by atoms with E-state index in [0.29, 0.717) is 6.42 Å². The van der Waals surface area contributed by atoms with E-state index in [1.165, 1.54) is 0 Å². The summed E-state index contributed by atoms with van der Waals surface area (Å²) in [5, 5.41) is 21.7. The fourth-order valence-electron chi connectivity index (χ4n) is 1.90. The predicted molar refractivity (Wildman–Crippen MR) is 72.8 cm³/mol. The minimum Gasteiger partial charge on any atom is -0.294 e. The zero-order chi connectivity index (χ0) is 15.3. The highest BCUT2D eigenvalue weighted by molar-refractivity contribution is 6.01. The number of nitrogens with zero attached hydrogens (tertiary/aromatic N) is 2. The third-order valence-corrected chi connectivity index (χ3v) is 3.09. The zero-order valence-corrected chi connectivity index (χ0v) is 11.4. The molecule has 7 heteroatoms. The molecule has 0 aromatic heterocycles. The van der Waals surface area contributed by atoms with E-state index in [0.717, 1.165) is 31.0 Å². The topological polar surface area (TPSA) is 103 Å². The minimum absolute atomic E-state index is 0.187. The number of carbonyl (C=O) groups is 1. The van der Waals surface area contributed by atoms with E-state index >= 15 is 0 Å². The number of ketones is 1. The summed E-state index contributed by atoms with van der Waals surface area (Å²) in [5.74, 6) is -0.815. The molecule has 0 heterocycles. The monoisotopic (exact) mass is 280 g/mol. The van der Waals surface area contributed by atoms with Crippen molar-refractivity contribution in [1.82, 2.24) is 0 Å². The molecule has 0 aliphatic rings. The first kappa shape index (κ1) is 15.7. The van der Waals surface area contributed by atoms with Gasteiger partial charge in [-0.3, -0.25) is 25.0 Å². The lowest BCUT2D eigenvalue weighted by molar-refractivity contribution is -0.389. The average Bonchev–Trinajstić information content (AvgIpc) is 2.42. The Morgan fingerprint density at radius 2 is 1.90 bits per heavy atom. The molecule has 108 valence electrons. The molecule has 1 atom stereocenters. The van der Waals surface area contributed by atoms with Gasteiger partial charge < -0.3 is 0 Å². The first-order valence-electron chi connectivity index (χ1n) is 6.35. The van der Waals surface area contributed by atoms with Gasteiger partial charge in [0.25, 0.3) is 11.4 Å². The van der Waals surface area contributed by atoms with Crippen molar-refractivity contribution in [3.05, 3.63) is 44.0 Å². The molecule has 20 heavy (non-hydrogen) atoms. The second kappa shape index (κ2) is 6.74. The first-order chi connectivity index (χ1) is 9.38. The van der Waals surface area contributed by atoms with Gasteiger partial charge >= 0.3 is 0 Å². The van der Waals surface area contributed by atoms with Gasteiger partial charge in [0.05, 0.1) is 9.85 Å². The number of rotatable bonds is 7. The van der Waals surface area contributed by atoms with E-state index in [4.69, 9.17) is 0 Å². The van der Waals surface area contributed by atoms with Crippen LogP contribution in [0.3, 0.4) is 0 Å². The summed E-state index contributed by atoms with van der Waals surface area (Å²) in [7, 11) is 0. The number of Topliss-reactive ketones (excluding diaryl/α,β-unsaturated/α-hetero) is 1. The lowest BCUT2D eigenvalue weighted by atomic mass is 9.93. The molecule has 0 radical (unpaired) electrons. The van der Waals surface area contributed by atoms with E-state index in [1.54, 1.807) is 6.92 Å². The van der Waals surface area contributed by atoms with Crippen molar-refractivity contribution >= 4 is 17.2 Å². The molecule has 0 aliphatic heterocycles. The Morgan fingerprint density at radius 3 is 2.40 bits per heavy atom. The van der Waals surface area contributed by atoms with E-state index in [1.807, 2.05) is 6.92 Å². The molecule has 7 nitrogen and oxygen atoms in total. The Balaban J connectivity index is 3.18. The molecule has 0 bridgehead atoms. The number of non-ortho nitro benzene ring substituents is 1. The predicted octanol–water partition coefficient (Wildman–Crippen LogP) is 3.51. The van der Waals surface area contributed by atoms with Gasteiger partial charge in [-0.1, -0.05) is 26.7 Å². The van der Waals surface area contributed by atoms with Gasteiger partial charge in [-0.15, -0.1) is 0 Å². The molecule has 0 saturated carbocycles. The van der Waals surface area contributed by atoms with Crippen molar-refractivity contribution in [1.29, 1.82) is 0 Å². The van der Waals surface area contributed by atoms with Gasteiger partial charge in [-0.05, 0) is 6.42 Å². The Kier molecular flexibility index (Phi) is 5.31. The van der Waals surface area contributed by atoms with E-state index in [9.17, 15) is 25.0 Å². The molecule has 1 rings (SSSR count). The average molecular weight is 280 g/mol. The van der Waals surface area contributed by atoms with Crippen LogP contribution in [0.1, 0.15) is 43.5 Å². The molecular formula is C13H16N2O5. The summed E-state index contributed by atoms with van der Waals surface area (Å²) in [6.45, 7) is 3.66. The van der Waals surface area contributed by atoms with Crippen LogP contribution in [0, 0.1) is 26.1 Å². The maximum absolute atomic E-state index is 12.2. The van der Waals surface area contributed by atoms with Gasteiger partial charge in [0, 0.05) is 24.1 Å². The van der Waals surface area contributed by atoms with Crippen LogP contribution in [0.4, 0.5) is 11.4 Å². The minimum atomic E-state index is -0.691. The molecule has 0 fully saturated rings. The highest BCUT2D eigenvalue weighted by Crippen LogP contribution is 2.27. The molecule has 0 aliphatic carbocycles. The molecular weight excluding hydrogens is 264 g/mol. The molecule has 1 aromatic rings. The molecule has 0 N–H and O–H groups in total. The van der Waals surface area contributed by atoms with Gasteiger partial charge in [0.2, 0.25) is 0 Å². The maximum atomic E-state index is 12.2. The summed E-state index contributed by atoms with van der Waals surface area (Å²) in [6.07, 6.45) is 2.35. The number of nitro groups is 2. The zero-order valence-electron chi connectivity index (χ0n) is 11.4. The fraction of sp³-hybridized carbons (Fsp3) is 0.462. The smallest absolute Gasteiger partial charge is 0.280 e. The van der Waals surface area contributed by atoms with Crippen LogP contribution in [-0.4, -0.2) is 15.6 Å². The van der Waals surface area contributed by atoms with Crippen molar-refractivity contribution in [2.45, 2.75) is 33.1 Å². The second-order valence-electron chi connectivity index (χ2n) is 4.62. The lowest BCUT2D eigenvalue weighted by Crippen LogP contribution is -2.13. The van der Waals surface area contributed by atoms with E-state index in [-0.39, 0.29) is 16.9 Å². The number of unbranched alkanes of at least 4 members (excludes halogenated alkanes) is 1. The van der Waals surface area contributed by atoms with Gasteiger partial charge in [0.15, 0.2) is 5.78 Å². The van der Waals surface area contributed by atoms with Crippen LogP contribution in [0.5, 0.6) is 0 Å². The van der Waals surface area contributed by atoms with Crippen LogP contribution in [0.2, 0.25) is 0 Å². The first-order valence-corrected chi connectivity index (χ1v) is 6.35. The van der Waals surface area contributed by atoms with Crippen molar-refractivity contribution in [2.75, 3.05) is 0 Å². The summed E-state index contributed by atoms with van der Waals surface area (Å²) in [5.41, 5.74) is -0.890. The Morgan fingerprint density at radius 1 is 1.25 bits per heavy atom. The van der Waals surface area contributed by atoms with Gasteiger partial charge in [-0.25, -0.2) is 0 Å². The van der Waals surface area contributed by atoms with E-state index in [2.05, 4.69) is 0 Å². The number of nitro benzene ring substituents is 2. The third kappa shape index (κ3) is 3.59. The molecule has 1 aromatic carbocycles. The highest BCUT2D eigenvalue weighted by atomic mass is 16.6. The van der Waals surface area contributed by atoms with Crippen LogP contribution in [0.15, 0.2) is 18.2 Å². The quantitative estimate of drug-likeness (QED) is 0.432. The van der Waals surface area contributed by atoms with Gasteiger partial charge in [-0.2, -0.15) is 0 Å². The van der Waals surface area contributed by atoms with Crippen LogP contribution < -0.4 is 0 Å². The van der Waals surface area contributed by atoms with Crippen molar-refractivity contribution in [3.63, 3.8) is 0 Å². The number of benzene rings is 1. The molecule has 0 amide bonds.